The molecule has 0 aliphatic carbocycles. The molecule has 0 spiro atoms. The summed E-state index contributed by atoms with van der Waals surface area (Å²) in [4.78, 5) is 0. The van der Waals surface area contributed by atoms with Gasteiger partial charge in [0.25, 0.3) is 0 Å². The Kier molecular flexibility index (Phi) is 6.85. The topological polar surface area (TPSA) is 39.1 Å². The normalized spacial score (nSPS) is 12.9. The lowest BCUT2D eigenvalue weighted by molar-refractivity contribution is 0.192. The summed E-state index contributed by atoms with van der Waals surface area (Å²) in [7, 11) is 1.75. The van der Waals surface area contributed by atoms with Gasteiger partial charge in [-0.1, -0.05) is 0 Å². The van der Waals surface area contributed by atoms with Gasteiger partial charge in [-0.05, 0) is 38.8 Å². The molecule has 1 rings (SSSR count). The first-order valence-electron chi connectivity index (χ1n) is 6.02. The maximum atomic E-state index is 5.01. The highest BCUT2D eigenvalue weighted by Gasteiger charge is 2.01. The number of rotatable bonds is 9. The second kappa shape index (κ2) is 8.30. The second-order valence-corrected chi connectivity index (χ2v) is 4.11. The lowest BCUT2D eigenvalue weighted by Crippen LogP contribution is -2.28. The van der Waals surface area contributed by atoms with Gasteiger partial charge in [-0.3, -0.25) is 4.68 Å². The first-order chi connectivity index (χ1) is 7.83. The predicted octanol–water partition coefficient (Wildman–Crippen LogP) is 1.68. The Hall–Kier alpha value is -0.870. The SMILES string of the molecule is COCCCCNC(C)CCn1cccn1. The van der Waals surface area contributed by atoms with Crippen molar-refractivity contribution in [2.24, 2.45) is 0 Å². The van der Waals surface area contributed by atoms with Gasteiger partial charge in [-0.15, -0.1) is 0 Å². The molecule has 1 heterocycles. The Morgan fingerprint density at radius 2 is 2.31 bits per heavy atom. The van der Waals surface area contributed by atoms with Crippen LogP contribution in [0.3, 0.4) is 0 Å². The van der Waals surface area contributed by atoms with Crippen molar-refractivity contribution >= 4 is 0 Å². The predicted molar refractivity (Wildman–Crippen MR) is 65.4 cm³/mol. The number of methoxy groups -OCH3 is 1. The molecule has 4 nitrogen and oxygen atoms in total. The molecule has 0 amide bonds. The lowest BCUT2D eigenvalue weighted by Gasteiger charge is -2.13. The first kappa shape index (κ1) is 13.2. The van der Waals surface area contributed by atoms with Crippen molar-refractivity contribution in [2.75, 3.05) is 20.3 Å². The minimum Gasteiger partial charge on any atom is -0.385 e. The van der Waals surface area contributed by atoms with Crippen LogP contribution in [0, 0.1) is 0 Å². The summed E-state index contributed by atoms with van der Waals surface area (Å²) in [5, 5.41) is 7.69. The molecule has 1 atom stereocenters. The fourth-order valence-corrected chi connectivity index (χ4v) is 1.58. The average molecular weight is 225 g/mol. The number of ether oxygens (including phenoxy) is 1. The van der Waals surface area contributed by atoms with Gasteiger partial charge in [0, 0.05) is 38.7 Å². The van der Waals surface area contributed by atoms with Crippen molar-refractivity contribution in [1.82, 2.24) is 15.1 Å². The lowest BCUT2D eigenvalue weighted by atomic mass is 10.2. The Balaban J connectivity index is 1.96. The molecule has 0 bridgehead atoms. The quantitative estimate of drug-likeness (QED) is 0.650. The van der Waals surface area contributed by atoms with Crippen molar-refractivity contribution in [3.05, 3.63) is 18.5 Å². The molecule has 1 aromatic heterocycles. The van der Waals surface area contributed by atoms with Crippen LogP contribution in [0.1, 0.15) is 26.2 Å². The van der Waals surface area contributed by atoms with Gasteiger partial charge >= 0.3 is 0 Å². The van der Waals surface area contributed by atoms with Gasteiger partial charge in [0.15, 0.2) is 0 Å². The van der Waals surface area contributed by atoms with E-state index >= 15 is 0 Å². The number of aromatic nitrogens is 2. The molecule has 0 aliphatic heterocycles. The fourth-order valence-electron chi connectivity index (χ4n) is 1.58. The zero-order valence-electron chi connectivity index (χ0n) is 10.4. The average Bonchev–Trinajstić information content (AvgIpc) is 2.79. The molecule has 4 heteroatoms. The van der Waals surface area contributed by atoms with E-state index in [1.165, 1.54) is 6.42 Å². The van der Waals surface area contributed by atoms with Crippen LogP contribution in [0.5, 0.6) is 0 Å². The maximum absolute atomic E-state index is 5.01. The molecule has 1 N–H and O–H groups in total. The van der Waals surface area contributed by atoms with Crippen molar-refractivity contribution in [3.63, 3.8) is 0 Å². The van der Waals surface area contributed by atoms with Crippen molar-refractivity contribution in [3.8, 4) is 0 Å². The number of unbranched alkanes of at least 4 members (excludes halogenated alkanes) is 1. The zero-order valence-corrected chi connectivity index (χ0v) is 10.4. The van der Waals surface area contributed by atoms with Gasteiger partial charge in [-0.25, -0.2) is 0 Å². The summed E-state index contributed by atoms with van der Waals surface area (Å²) in [6.07, 6.45) is 7.26. The van der Waals surface area contributed by atoms with Crippen LogP contribution in [-0.4, -0.2) is 36.1 Å². The van der Waals surface area contributed by atoms with E-state index < -0.39 is 0 Å². The molecule has 0 aromatic carbocycles. The summed E-state index contributed by atoms with van der Waals surface area (Å²) in [5.41, 5.74) is 0. The zero-order chi connectivity index (χ0) is 11.6. The van der Waals surface area contributed by atoms with Gasteiger partial charge in [0.1, 0.15) is 0 Å². The number of nitrogens with zero attached hydrogens (tertiary/aromatic N) is 2. The monoisotopic (exact) mass is 225 g/mol. The van der Waals surface area contributed by atoms with Gasteiger partial charge in [0.2, 0.25) is 0 Å². The van der Waals surface area contributed by atoms with Gasteiger partial charge < -0.3 is 10.1 Å². The molecule has 0 saturated heterocycles. The highest BCUT2D eigenvalue weighted by atomic mass is 16.5. The van der Waals surface area contributed by atoms with Crippen molar-refractivity contribution in [1.29, 1.82) is 0 Å². The number of hydrogen-bond donors (Lipinski definition) is 1. The summed E-state index contributed by atoms with van der Waals surface area (Å²) in [6.45, 7) is 5.14. The molecule has 1 unspecified atom stereocenters. The second-order valence-electron chi connectivity index (χ2n) is 4.11. The van der Waals surface area contributed by atoms with Crippen molar-refractivity contribution < 1.29 is 4.74 Å². The van der Waals surface area contributed by atoms with E-state index in [1.54, 1.807) is 7.11 Å². The Morgan fingerprint density at radius 1 is 1.44 bits per heavy atom. The summed E-state index contributed by atoms with van der Waals surface area (Å²) < 4.78 is 6.98. The van der Waals surface area contributed by atoms with Crippen LogP contribution in [-0.2, 0) is 11.3 Å². The summed E-state index contributed by atoms with van der Waals surface area (Å²) >= 11 is 0. The smallest absolute Gasteiger partial charge is 0.0489 e. The largest absolute Gasteiger partial charge is 0.385 e. The van der Waals surface area contributed by atoms with Crippen LogP contribution in [0.2, 0.25) is 0 Å². The van der Waals surface area contributed by atoms with E-state index in [-0.39, 0.29) is 0 Å². The molecule has 0 aliphatic rings. The van der Waals surface area contributed by atoms with Gasteiger partial charge in [0.05, 0.1) is 0 Å². The summed E-state index contributed by atoms with van der Waals surface area (Å²) in [5.74, 6) is 0. The highest BCUT2D eigenvalue weighted by Crippen LogP contribution is 1.96. The highest BCUT2D eigenvalue weighted by molar-refractivity contribution is 4.78. The molecular weight excluding hydrogens is 202 g/mol. The molecule has 16 heavy (non-hydrogen) atoms. The van der Waals surface area contributed by atoms with E-state index in [2.05, 4.69) is 17.3 Å². The number of nitrogens with one attached hydrogen (secondary N) is 1. The molecule has 1 aromatic rings. The Labute approximate surface area is 98.0 Å². The van der Waals surface area contributed by atoms with Crippen molar-refractivity contribution in [2.45, 2.75) is 38.8 Å². The number of hydrogen-bond acceptors (Lipinski definition) is 3. The molecule has 0 saturated carbocycles. The van der Waals surface area contributed by atoms with Crippen LogP contribution < -0.4 is 5.32 Å². The Morgan fingerprint density at radius 3 is 3.00 bits per heavy atom. The third kappa shape index (κ3) is 5.88. The Bertz CT molecular complexity index is 249. The van der Waals surface area contributed by atoms with Gasteiger partial charge in [-0.2, -0.15) is 5.10 Å². The number of aryl methyl sites for hydroxylation is 1. The van der Waals surface area contributed by atoms with Crippen LogP contribution in [0.25, 0.3) is 0 Å². The van der Waals surface area contributed by atoms with E-state index in [4.69, 9.17) is 4.74 Å². The van der Waals surface area contributed by atoms with Crippen LogP contribution >= 0.6 is 0 Å². The van der Waals surface area contributed by atoms with E-state index in [0.717, 1.165) is 32.5 Å². The maximum Gasteiger partial charge on any atom is 0.0489 e. The molecule has 92 valence electrons. The van der Waals surface area contributed by atoms with E-state index in [9.17, 15) is 0 Å². The third-order valence-electron chi connectivity index (χ3n) is 2.62. The summed E-state index contributed by atoms with van der Waals surface area (Å²) in [6, 6.07) is 2.51. The van der Waals surface area contributed by atoms with E-state index in [1.807, 2.05) is 23.1 Å². The first-order valence-corrected chi connectivity index (χ1v) is 6.02. The minimum absolute atomic E-state index is 0.548. The van der Waals surface area contributed by atoms with Crippen LogP contribution in [0.4, 0.5) is 0 Å². The van der Waals surface area contributed by atoms with Crippen LogP contribution in [0.15, 0.2) is 18.5 Å². The molecular formula is C12H23N3O. The third-order valence-corrected chi connectivity index (χ3v) is 2.62. The minimum atomic E-state index is 0.548. The van der Waals surface area contributed by atoms with E-state index in [0.29, 0.717) is 6.04 Å². The fraction of sp³-hybridized carbons (Fsp3) is 0.750. The molecule has 0 fully saturated rings. The molecule has 0 radical (unpaired) electrons. The standard InChI is InChI=1S/C12H23N3O/c1-12(13-7-3-4-11-16-2)6-10-15-9-5-8-14-15/h5,8-9,12-13H,3-4,6-7,10-11H2,1-2H3.